The molecule has 0 aliphatic carbocycles. The van der Waals surface area contributed by atoms with Gasteiger partial charge in [-0.25, -0.2) is 0 Å². The van der Waals surface area contributed by atoms with Crippen molar-refractivity contribution < 1.29 is 18.3 Å². The molecule has 0 bridgehead atoms. The summed E-state index contributed by atoms with van der Waals surface area (Å²) in [6, 6.07) is 5.30. The smallest absolute Gasteiger partial charge is 0.394 e. The lowest BCUT2D eigenvalue weighted by atomic mass is 10.0. The van der Waals surface area contributed by atoms with Crippen LogP contribution in [0.5, 0.6) is 0 Å². The molecule has 3 nitrogen and oxygen atoms in total. The number of aliphatic hydroxyl groups is 1. The quantitative estimate of drug-likeness (QED) is 0.758. The van der Waals surface area contributed by atoms with Crippen LogP contribution < -0.4 is 5.73 Å². The van der Waals surface area contributed by atoms with E-state index in [1.807, 2.05) is 0 Å². The van der Waals surface area contributed by atoms with Gasteiger partial charge in [0, 0.05) is 16.5 Å². The van der Waals surface area contributed by atoms with Crippen LogP contribution in [0.1, 0.15) is 17.3 Å². The number of hydrogen-bond donors (Lipinski definition) is 3. The van der Waals surface area contributed by atoms with Gasteiger partial charge in [-0.05, 0) is 6.07 Å². The number of nitrogens with two attached hydrogens (primary N) is 1. The molecule has 1 atom stereocenters. The highest BCUT2D eigenvalue weighted by Gasteiger charge is 2.37. The van der Waals surface area contributed by atoms with E-state index in [4.69, 9.17) is 10.8 Å². The van der Waals surface area contributed by atoms with Gasteiger partial charge in [0.05, 0.1) is 12.6 Å². The fourth-order valence-corrected chi connectivity index (χ4v) is 1.86. The van der Waals surface area contributed by atoms with Crippen molar-refractivity contribution in [2.24, 2.45) is 5.73 Å². The number of fused-ring (bicyclic) bond motifs is 1. The molecule has 1 unspecified atom stereocenters. The van der Waals surface area contributed by atoms with E-state index >= 15 is 0 Å². The largest absolute Gasteiger partial charge is 0.431 e. The minimum absolute atomic E-state index is 0.0874. The first-order valence-corrected chi connectivity index (χ1v) is 4.99. The molecule has 1 aromatic heterocycles. The van der Waals surface area contributed by atoms with Crippen molar-refractivity contribution in [3.8, 4) is 0 Å². The summed E-state index contributed by atoms with van der Waals surface area (Å²) in [5.74, 6) is 0. The van der Waals surface area contributed by atoms with Crippen LogP contribution >= 0.6 is 0 Å². The van der Waals surface area contributed by atoms with Crippen molar-refractivity contribution >= 4 is 10.9 Å². The van der Waals surface area contributed by atoms with Gasteiger partial charge >= 0.3 is 6.18 Å². The Balaban J connectivity index is 2.74. The number of hydrogen-bond acceptors (Lipinski definition) is 2. The first kappa shape index (κ1) is 11.9. The molecule has 2 rings (SSSR count). The first-order chi connectivity index (χ1) is 7.95. The van der Waals surface area contributed by atoms with Gasteiger partial charge in [0.15, 0.2) is 0 Å². The second-order valence-electron chi connectivity index (χ2n) is 3.75. The molecule has 1 heterocycles. The maximum atomic E-state index is 12.8. The first-order valence-electron chi connectivity index (χ1n) is 4.99. The van der Waals surface area contributed by atoms with Crippen molar-refractivity contribution in [1.29, 1.82) is 0 Å². The van der Waals surface area contributed by atoms with Gasteiger partial charge < -0.3 is 15.8 Å². The Bertz CT molecular complexity index is 533. The van der Waals surface area contributed by atoms with Gasteiger partial charge in [-0.3, -0.25) is 0 Å². The summed E-state index contributed by atoms with van der Waals surface area (Å²) in [7, 11) is 0. The van der Waals surface area contributed by atoms with Crippen LogP contribution in [0.15, 0.2) is 24.3 Å². The molecule has 0 fully saturated rings. The van der Waals surface area contributed by atoms with E-state index in [9.17, 15) is 13.2 Å². The molecule has 4 N–H and O–H groups in total. The number of aromatic amines is 1. The van der Waals surface area contributed by atoms with Crippen molar-refractivity contribution in [1.82, 2.24) is 4.98 Å². The number of nitrogens with one attached hydrogen (secondary N) is 1. The number of halogens is 3. The highest BCUT2D eigenvalue weighted by atomic mass is 19.4. The lowest BCUT2D eigenvalue weighted by molar-refractivity contribution is -0.141. The fraction of sp³-hybridized carbons (Fsp3) is 0.273. The molecular formula is C11H11F3N2O. The van der Waals surface area contributed by atoms with Crippen molar-refractivity contribution in [3.63, 3.8) is 0 Å². The maximum Gasteiger partial charge on any atom is 0.431 e. The summed E-state index contributed by atoms with van der Waals surface area (Å²) in [5.41, 5.74) is 4.92. The third-order valence-electron chi connectivity index (χ3n) is 2.60. The van der Waals surface area contributed by atoms with E-state index in [0.29, 0.717) is 10.9 Å². The minimum atomic E-state index is -4.51. The summed E-state index contributed by atoms with van der Waals surface area (Å²) in [4.78, 5) is 2.30. The Labute approximate surface area is 95.0 Å². The Morgan fingerprint density at radius 2 is 1.94 bits per heavy atom. The van der Waals surface area contributed by atoms with E-state index in [0.717, 1.165) is 0 Å². The Morgan fingerprint density at radius 1 is 1.29 bits per heavy atom. The van der Waals surface area contributed by atoms with E-state index < -0.39 is 24.5 Å². The summed E-state index contributed by atoms with van der Waals surface area (Å²) < 4.78 is 38.4. The molecule has 0 aliphatic rings. The van der Waals surface area contributed by atoms with Crippen molar-refractivity contribution in [2.45, 2.75) is 12.2 Å². The van der Waals surface area contributed by atoms with Gasteiger partial charge in [0.1, 0.15) is 5.69 Å². The van der Waals surface area contributed by atoms with Crippen LogP contribution in [0.2, 0.25) is 0 Å². The summed E-state index contributed by atoms with van der Waals surface area (Å²) in [6.45, 7) is -0.537. The second-order valence-corrected chi connectivity index (χ2v) is 3.75. The average molecular weight is 244 g/mol. The molecule has 2 aromatic rings. The molecule has 0 radical (unpaired) electrons. The fourth-order valence-electron chi connectivity index (χ4n) is 1.86. The number of aliphatic hydroxyl groups excluding tert-OH is 1. The normalized spacial score (nSPS) is 14.2. The monoisotopic (exact) mass is 244 g/mol. The SMILES string of the molecule is NC(CO)c1c(C(F)(F)F)[nH]c2ccccc12. The molecular weight excluding hydrogens is 233 g/mol. The number of benzene rings is 1. The van der Waals surface area contributed by atoms with Crippen molar-refractivity contribution in [2.75, 3.05) is 6.61 Å². The second kappa shape index (κ2) is 4.05. The molecule has 0 saturated heterocycles. The van der Waals surface area contributed by atoms with Gasteiger partial charge in [-0.2, -0.15) is 13.2 Å². The molecule has 17 heavy (non-hydrogen) atoms. The lowest BCUT2D eigenvalue weighted by Gasteiger charge is -2.12. The van der Waals surface area contributed by atoms with Crippen LogP contribution in [-0.4, -0.2) is 16.7 Å². The van der Waals surface area contributed by atoms with Gasteiger partial charge in [0.25, 0.3) is 0 Å². The zero-order valence-electron chi connectivity index (χ0n) is 8.75. The van der Waals surface area contributed by atoms with Crippen LogP contribution in [-0.2, 0) is 6.18 Å². The van der Waals surface area contributed by atoms with E-state index in [-0.39, 0.29) is 5.56 Å². The van der Waals surface area contributed by atoms with Crippen LogP contribution in [0.4, 0.5) is 13.2 Å². The summed E-state index contributed by atoms with van der Waals surface area (Å²) >= 11 is 0. The highest BCUT2D eigenvalue weighted by molar-refractivity contribution is 5.85. The van der Waals surface area contributed by atoms with Crippen molar-refractivity contribution in [3.05, 3.63) is 35.5 Å². The van der Waals surface area contributed by atoms with Crippen LogP contribution in [0.25, 0.3) is 10.9 Å². The molecule has 0 amide bonds. The zero-order valence-corrected chi connectivity index (χ0v) is 8.75. The third kappa shape index (κ3) is 2.01. The van der Waals surface area contributed by atoms with Crippen LogP contribution in [0.3, 0.4) is 0 Å². The molecule has 92 valence electrons. The standard InChI is InChI=1S/C11H11F3N2O/c12-11(13,14)10-9(7(15)5-17)6-3-1-2-4-8(6)16-10/h1-4,7,16-17H,5,15H2. The molecule has 1 aromatic carbocycles. The van der Waals surface area contributed by atoms with Gasteiger partial charge in [0.2, 0.25) is 0 Å². The topological polar surface area (TPSA) is 62.0 Å². The predicted molar refractivity (Wildman–Crippen MR) is 57.3 cm³/mol. The predicted octanol–water partition coefficient (Wildman–Crippen LogP) is 2.18. The number of aromatic nitrogens is 1. The minimum Gasteiger partial charge on any atom is -0.394 e. The van der Waals surface area contributed by atoms with E-state index in [1.54, 1.807) is 18.2 Å². The molecule has 6 heteroatoms. The van der Waals surface area contributed by atoms with E-state index in [2.05, 4.69) is 4.98 Å². The molecule has 0 aliphatic heterocycles. The number of rotatable bonds is 2. The summed E-state index contributed by atoms with van der Waals surface area (Å²) in [6.07, 6.45) is -4.51. The zero-order chi connectivity index (χ0) is 12.6. The maximum absolute atomic E-state index is 12.8. The average Bonchev–Trinajstić information content (AvgIpc) is 2.67. The van der Waals surface area contributed by atoms with E-state index in [1.165, 1.54) is 6.07 Å². The number of alkyl halides is 3. The van der Waals surface area contributed by atoms with Crippen LogP contribution in [0, 0.1) is 0 Å². The Hall–Kier alpha value is -1.53. The Kier molecular flexibility index (Phi) is 2.84. The third-order valence-corrected chi connectivity index (χ3v) is 2.60. The molecule has 0 spiro atoms. The highest BCUT2D eigenvalue weighted by Crippen LogP contribution is 2.37. The lowest BCUT2D eigenvalue weighted by Crippen LogP contribution is -2.19. The summed E-state index contributed by atoms with van der Waals surface area (Å²) in [5, 5.41) is 9.34. The Morgan fingerprint density at radius 3 is 2.53 bits per heavy atom. The van der Waals surface area contributed by atoms with Gasteiger partial charge in [-0.15, -0.1) is 0 Å². The number of H-pyrrole nitrogens is 1. The number of para-hydroxylation sites is 1. The van der Waals surface area contributed by atoms with Gasteiger partial charge in [-0.1, -0.05) is 18.2 Å². The molecule has 0 saturated carbocycles.